The summed E-state index contributed by atoms with van der Waals surface area (Å²) in [6, 6.07) is 5.57. The first kappa shape index (κ1) is 8.78. The molecule has 0 saturated heterocycles. The van der Waals surface area contributed by atoms with Gasteiger partial charge < -0.3 is 15.7 Å². The fourth-order valence-electron chi connectivity index (χ4n) is 1.73. The topological polar surface area (TPSA) is 103 Å². The molecule has 80 valence electrons. The maximum absolute atomic E-state index is 11.1. The van der Waals surface area contributed by atoms with Gasteiger partial charge in [-0.1, -0.05) is 6.07 Å². The molecule has 1 aromatic carbocycles. The normalized spacial score (nSPS) is 11.0. The minimum absolute atomic E-state index is 0.215. The molecule has 0 fully saturated rings. The van der Waals surface area contributed by atoms with Gasteiger partial charge in [0.15, 0.2) is 0 Å². The first-order valence-corrected chi connectivity index (χ1v) is 4.75. The lowest BCUT2D eigenvalue weighted by Gasteiger charge is -1.98. The minimum Gasteiger partial charge on any atom is -0.384 e. The van der Waals surface area contributed by atoms with Crippen LogP contribution in [0, 0.1) is 0 Å². The van der Waals surface area contributed by atoms with Crippen molar-refractivity contribution in [2.75, 3.05) is 5.73 Å². The molecule has 0 aliphatic heterocycles. The van der Waals surface area contributed by atoms with E-state index in [4.69, 9.17) is 5.73 Å². The number of nitrogen functional groups attached to an aromatic ring is 1. The van der Waals surface area contributed by atoms with Gasteiger partial charge in [0.05, 0.1) is 17.2 Å². The number of aromatic amines is 3. The predicted octanol–water partition coefficient (Wildman–Crippen LogP) is 0.828. The van der Waals surface area contributed by atoms with E-state index in [2.05, 4.69) is 20.2 Å². The second-order valence-corrected chi connectivity index (χ2v) is 3.54. The lowest BCUT2D eigenvalue weighted by molar-refractivity contribution is 1.10. The highest BCUT2D eigenvalue weighted by molar-refractivity contribution is 5.84. The van der Waals surface area contributed by atoms with Crippen molar-refractivity contribution in [2.45, 2.75) is 0 Å². The number of anilines is 1. The van der Waals surface area contributed by atoms with E-state index in [0.717, 1.165) is 22.2 Å². The first-order chi connectivity index (χ1) is 7.74. The fraction of sp³-hybridized carbons (Fsp3) is 0. The molecule has 16 heavy (non-hydrogen) atoms. The Kier molecular flexibility index (Phi) is 1.64. The van der Waals surface area contributed by atoms with Gasteiger partial charge in [-0.25, -0.2) is 4.79 Å². The Balaban J connectivity index is 2.26. The largest absolute Gasteiger partial charge is 0.384 e. The van der Waals surface area contributed by atoms with E-state index in [1.54, 1.807) is 6.20 Å². The second-order valence-electron chi connectivity index (χ2n) is 3.54. The number of imidazole rings is 1. The molecule has 2 heterocycles. The van der Waals surface area contributed by atoms with Gasteiger partial charge in [0.2, 0.25) is 0 Å². The number of nitrogens with two attached hydrogens (primary N) is 1. The highest BCUT2D eigenvalue weighted by atomic mass is 16.1. The van der Waals surface area contributed by atoms with Crippen LogP contribution >= 0.6 is 0 Å². The quantitative estimate of drug-likeness (QED) is 0.483. The van der Waals surface area contributed by atoms with E-state index in [1.165, 1.54) is 0 Å². The van der Waals surface area contributed by atoms with Crippen molar-refractivity contribution in [2.24, 2.45) is 0 Å². The summed E-state index contributed by atoms with van der Waals surface area (Å²) in [5.74, 6) is 0.511. The molecule has 5 N–H and O–H groups in total. The van der Waals surface area contributed by atoms with Crippen molar-refractivity contribution < 1.29 is 0 Å². The van der Waals surface area contributed by atoms with E-state index < -0.39 is 0 Å². The van der Waals surface area contributed by atoms with Gasteiger partial charge in [0.1, 0.15) is 5.82 Å². The van der Waals surface area contributed by atoms with Crippen LogP contribution in [0.25, 0.3) is 22.2 Å². The lowest BCUT2D eigenvalue weighted by atomic mass is 10.1. The van der Waals surface area contributed by atoms with Crippen LogP contribution in [-0.4, -0.2) is 20.2 Å². The smallest absolute Gasteiger partial charge is 0.323 e. The van der Waals surface area contributed by atoms with Gasteiger partial charge in [-0.3, -0.25) is 5.10 Å². The monoisotopic (exact) mass is 215 g/mol. The van der Waals surface area contributed by atoms with Crippen LogP contribution < -0.4 is 11.4 Å². The lowest BCUT2D eigenvalue weighted by Crippen LogP contribution is -1.99. The van der Waals surface area contributed by atoms with Crippen molar-refractivity contribution in [3.63, 3.8) is 0 Å². The number of rotatable bonds is 1. The van der Waals surface area contributed by atoms with Crippen molar-refractivity contribution in [3.8, 4) is 11.1 Å². The Morgan fingerprint density at radius 1 is 1.19 bits per heavy atom. The summed E-state index contributed by atoms with van der Waals surface area (Å²) in [4.78, 5) is 16.5. The Labute approximate surface area is 89.5 Å². The SMILES string of the molecule is Nc1[nH]ncc1-c1ccc2[nH]c(=O)[nH]c2c1. The van der Waals surface area contributed by atoms with E-state index in [9.17, 15) is 4.79 Å². The Bertz CT molecular complexity index is 705. The summed E-state index contributed by atoms with van der Waals surface area (Å²) in [5.41, 5.74) is 8.77. The summed E-state index contributed by atoms with van der Waals surface area (Å²) in [6.07, 6.45) is 1.65. The molecule has 6 nitrogen and oxygen atoms in total. The van der Waals surface area contributed by atoms with Crippen molar-refractivity contribution in [1.29, 1.82) is 0 Å². The molecular formula is C10H9N5O. The van der Waals surface area contributed by atoms with Crippen LogP contribution in [-0.2, 0) is 0 Å². The molecule has 3 rings (SSSR count). The van der Waals surface area contributed by atoms with Gasteiger partial charge in [-0.2, -0.15) is 5.10 Å². The van der Waals surface area contributed by atoms with Gasteiger partial charge in [-0.15, -0.1) is 0 Å². The molecule has 0 bridgehead atoms. The van der Waals surface area contributed by atoms with E-state index >= 15 is 0 Å². The van der Waals surface area contributed by atoms with E-state index in [1.807, 2.05) is 18.2 Å². The third kappa shape index (κ3) is 1.20. The van der Waals surface area contributed by atoms with Gasteiger partial charge in [0.25, 0.3) is 0 Å². The molecule has 0 aliphatic rings. The Morgan fingerprint density at radius 2 is 2.00 bits per heavy atom. The minimum atomic E-state index is -0.215. The second kappa shape index (κ2) is 2.99. The number of nitrogens with one attached hydrogen (secondary N) is 3. The number of hydrogen-bond donors (Lipinski definition) is 4. The molecule has 0 atom stereocenters. The highest BCUT2D eigenvalue weighted by Crippen LogP contribution is 2.25. The molecule has 0 unspecified atom stereocenters. The molecule has 0 amide bonds. The summed E-state index contributed by atoms with van der Waals surface area (Å²) in [7, 11) is 0. The molecule has 0 spiro atoms. The van der Waals surface area contributed by atoms with Crippen molar-refractivity contribution in [1.82, 2.24) is 20.2 Å². The number of nitrogens with zero attached hydrogens (tertiary/aromatic N) is 1. The van der Waals surface area contributed by atoms with E-state index in [-0.39, 0.29) is 5.69 Å². The molecule has 0 aliphatic carbocycles. The molecular weight excluding hydrogens is 206 g/mol. The van der Waals surface area contributed by atoms with Gasteiger partial charge in [-0.05, 0) is 17.7 Å². The van der Waals surface area contributed by atoms with Crippen LogP contribution in [0.15, 0.2) is 29.2 Å². The summed E-state index contributed by atoms with van der Waals surface area (Å²) >= 11 is 0. The molecule has 0 radical (unpaired) electrons. The average molecular weight is 215 g/mol. The van der Waals surface area contributed by atoms with Crippen LogP contribution in [0.5, 0.6) is 0 Å². The number of hydrogen-bond acceptors (Lipinski definition) is 3. The summed E-state index contributed by atoms with van der Waals surface area (Å²) < 4.78 is 0. The number of H-pyrrole nitrogens is 3. The predicted molar refractivity (Wildman–Crippen MR) is 60.9 cm³/mol. The number of aromatic nitrogens is 4. The van der Waals surface area contributed by atoms with Crippen molar-refractivity contribution >= 4 is 16.9 Å². The third-order valence-electron chi connectivity index (χ3n) is 2.50. The van der Waals surface area contributed by atoms with E-state index in [0.29, 0.717) is 5.82 Å². The molecule has 2 aromatic heterocycles. The van der Waals surface area contributed by atoms with Crippen molar-refractivity contribution in [3.05, 3.63) is 34.9 Å². The zero-order chi connectivity index (χ0) is 11.1. The van der Waals surface area contributed by atoms with Crippen LogP contribution in [0.4, 0.5) is 5.82 Å². The third-order valence-corrected chi connectivity index (χ3v) is 2.50. The first-order valence-electron chi connectivity index (χ1n) is 4.75. The maximum Gasteiger partial charge on any atom is 0.323 e. The Hall–Kier alpha value is -2.50. The van der Waals surface area contributed by atoms with Crippen LogP contribution in [0.2, 0.25) is 0 Å². The standard InChI is InChI=1S/C10H9N5O/c11-9-6(4-12-15-9)5-1-2-7-8(3-5)14-10(16)13-7/h1-4H,(H3,11,12,15)(H2,13,14,16). The van der Waals surface area contributed by atoms with Gasteiger partial charge in [0, 0.05) is 5.56 Å². The molecule has 6 heteroatoms. The number of benzene rings is 1. The van der Waals surface area contributed by atoms with Gasteiger partial charge >= 0.3 is 5.69 Å². The fourth-order valence-corrected chi connectivity index (χ4v) is 1.73. The number of fused-ring (bicyclic) bond motifs is 1. The zero-order valence-corrected chi connectivity index (χ0v) is 8.24. The summed E-state index contributed by atoms with van der Waals surface area (Å²) in [6.45, 7) is 0. The zero-order valence-electron chi connectivity index (χ0n) is 8.24. The summed E-state index contributed by atoms with van der Waals surface area (Å²) in [5, 5.41) is 6.52. The maximum atomic E-state index is 11.1. The average Bonchev–Trinajstić information content (AvgIpc) is 2.81. The molecule has 0 saturated carbocycles. The van der Waals surface area contributed by atoms with Crippen LogP contribution in [0.3, 0.4) is 0 Å². The highest BCUT2D eigenvalue weighted by Gasteiger charge is 2.06. The Morgan fingerprint density at radius 3 is 2.75 bits per heavy atom. The molecule has 3 aromatic rings. The van der Waals surface area contributed by atoms with Crippen LogP contribution in [0.1, 0.15) is 0 Å².